The lowest BCUT2D eigenvalue weighted by Crippen LogP contribution is -2.08. The lowest BCUT2D eigenvalue weighted by atomic mass is 10.1. The van der Waals surface area contributed by atoms with Gasteiger partial charge >= 0.3 is 0 Å². The summed E-state index contributed by atoms with van der Waals surface area (Å²) in [7, 11) is 0. The van der Waals surface area contributed by atoms with E-state index in [-0.39, 0.29) is 6.04 Å². The SMILES string of the molecule is CCSc1cccc(NC(C)c2ccncc2)c1C#N. The van der Waals surface area contributed by atoms with E-state index in [4.69, 9.17) is 0 Å². The van der Waals surface area contributed by atoms with E-state index in [0.717, 1.165) is 27.5 Å². The summed E-state index contributed by atoms with van der Waals surface area (Å²) in [6.45, 7) is 4.17. The molecular weight excluding hydrogens is 266 g/mol. The lowest BCUT2D eigenvalue weighted by molar-refractivity contribution is 0.879. The highest BCUT2D eigenvalue weighted by molar-refractivity contribution is 7.99. The van der Waals surface area contributed by atoms with Gasteiger partial charge in [-0.3, -0.25) is 4.98 Å². The normalized spacial score (nSPS) is 11.7. The molecule has 1 unspecified atom stereocenters. The fourth-order valence-electron chi connectivity index (χ4n) is 2.01. The average Bonchev–Trinajstić information content (AvgIpc) is 2.49. The van der Waals surface area contributed by atoms with Crippen molar-refractivity contribution >= 4 is 17.4 Å². The summed E-state index contributed by atoms with van der Waals surface area (Å²) >= 11 is 1.69. The first-order chi connectivity index (χ1) is 9.76. The van der Waals surface area contributed by atoms with Crippen LogP contribution in [0.1, 0.15) is 31.0 Å². The third-order valence-electron chi connectivity index (χ3n) is 3.02. The number of hydrogen-bond donors (Lipinski definition) is 1. The van der Waals surface area contributed by atoms with Crippen LogP contribution in [0.5, 0.6) is 0 Å². The van der Waals surface area contributed by atoms with Crippen LogP contribution < -0.4 is 5.32 Å². The quantitative estimate of drug-likeness (QED) is 0.834. The Morgan fingerprint density at radius 2 is 2.05 bits per heavy atom. The summed E-state index contributed by atoms with van der Waals surface area (Å²) in [5.41, 5.74) is 2.76. The summed E-state index contributed by atoms with van der Waals surface area (Å²) in [5.74, 6) is 0.956. The molecule has 0 aliphatic carbocycles. The molecular formula is C16H17N3S. The van der Waals surface area contributed by atoms with Gasteiger partial charge in [0.15, 0.2) is 0 Å². The molecule has 0 fully saturated rings. The van der Waals surface area contributed by atoms with Crippen LogP contribution in [-0.4, -0.2) is 10.7 Å². The molecule has 1 atom stereocenters. The van der Waals surface area contributed by atoms with E-state index in [1.165, 1.54) is 0 Å². The molecule has 102 valence electrons. The molecule has 3 nitrogen and oxygen atoms in total. The van der Waals surface area contributed by atoms with Gasteiger partial charge in [0.1, 0.15) is 6.07 Å². The fraction of sp³-hybridized carbons (Fsp3) is 0.250. The zero-order chi connectivity index (χ0) is 14.4. The van der Waals surface area contributed by atoms with Crippen molar-refractivity contribution in [1.82, 2.24) is 4.98 Å². The molecule has 1 aromatic heterocycles. The monoisotopic (exact) mass is 283 g/mol. The molecule has 0 saturated carbocycles. The van der Waals surface area contributed by atoms with Crippen molar-refractivity contribution in [2.45, 2.75) is 24.8 Å². The van der Waals surface area contributed by atoms with Crippen LogP contribution >= 0.6 is 11.8 Å². The topological polar surface area (TPSA) is 48.7 Å². The molecule has 20 heavy (non-hydrogen) atoms. The third kappa shape index (κ3) is 3.31. The summed E-state index contributed by atoms with van der Waals surface area (Å²) in [5, 5.41) is 12.8. The molecule has 2 aromatic rings. The Bertz CT molecular complexity index is 605. The van der Waals surface area contributed by atoms with E-state index in [1.807, 2.05) is 30.3 Å². The first-order valence-electron chi connectivity index (χ1n) is 6.58. The van der Waals surface area contributed by atoms with Crippen molar-refractivity contribution in [2.75, 3.05) is 11.1 Å². The van der Waals surface area contributed by atoms with Crippen molar-refractivity contribution in [3.05, 3.63) is 53.9 Å². The summed E-state index contributed by atoms with van der Waals surface area (Å²) in [6.07, 6.45) is 3.56. The van der Waals surface area contributed by atoms with Gasteiger partial charge in [0.2, 0.25) is 0 Å². The van der Waals surface area contributed by atoms with E-state index in [0.29, 0.717) is 0 Å². The molecule has 0 radical (unpaired) electrons. The molecule has 0 aliphatic heterocycles. The van der Waals surface area contributed by atoms with Gasteiger partial charge in [-0.15, -0.1) is 11.8 Å². The van der Waals surface area contributed by atoms with Gasteiger partial charge in [0.05, 0.1) is 11.3 Å². The van der Waals surface area contributed by atoms with E-state index in [1.54, 1.807) is 24.2 Å². The average molecular weight is 283 g/mol. The Kier molecular flexibility index (Phi) is 5.03. The molecule has 1 heterocycles. The van der Waals surface area contributed by atoms with E-state index in [9.17, 15) is 5.26 Å². The number of nitrogens with one attached hydrogen (secondary N) is 1. The first kappa shape index (κ1) is 14.4. The van der Waals surface area contributed by atoms with Crippen molar-refractivity contribution in [2.24, 2.45) is 0 Å². The van der Waals surface area contributed by atoms with Crippen molar-refractivity contribution in [3.8, 4) is 6.07 Å². The highest BCUT2D eigenvalue weighted by atomic mass is 32.2. The molecule has 2 rings (SSSR count). The van der Waals surface area contributed by atoms with Crippen LogP contribution in [0.2, 0.25) is 0 Å². The second-order valence-electron chi connectivity index (χ2n) is 4.37. The minimum atomic E-state index is 0.131. The second-order valence-corrected chi connectivity index (χ2v) is 5.68. The second kappa shape index (κ2) is 6.97. The molecule has 0 spiro atoms. The standard InChI is InChI=1S/C16H17N3S/c1-3-20-16-6-4-5-15(14(16)11-17)19-12(2)13-7-9-18-10-8-13/h4-10,12,19H,3H2,1-2H3. The number of benzene rings is 1. The highest BCUT2D eigenvalue weighted by Gasteiger charge is 2.11. The molecule has 1 N–H and O–H groups in total. The predicted octanol–water partition coefficient (Wildman–Crippen LogP) is 4.24. The number of anilines is 1. The van der Waals surface area contributed by atoms with Crippen LogP contribution in [-0.2, 0) is 0 Å². The van der Waals surface area contributed by atoms with E-state index < -0.39 is 0 Å². The van der Waals surface area contributed by atoms with Gasteiger partial charge in [0, 0.05) is 23.3 Å². The zero-order valence-electron chi connectivity index (χ0n) is 11.6. The largest absolute Gasteiger partial charge is 0.377 e. The Morgan fingerprint density at radius 1 is 1.30 bits per heavy atom. The Morgan fingerprint density at radius 3 is 2.70 bits per heavy atom. The maximum atomic E-state index is 9.40. The number of nitrogens with zero attached hydrogens (tertiary/aromatic N) is 2. The Labute approximate surface area is 124 Å². The maximum absolute atomic E-state index is 9.40. The van der Waals surface area contributed by atoms with Crippen LogP contribution in [0.3, 0.4) is 0 Å². The minimum Gasteiger partial charge on any atom is -0.377 e. The summed E-state index contributed by atoms with van der Waals surface area (Å²) in [6, 6.07) is 12.3. The molecule has 1 aromatic carbocycles. The maximum Gasteiger partial charge on any atom is 0.102 e. The van der Waals surface area contributed by atoms with Gasteiger partial charge in [0.25, 0.3) is 0 Å². The Hall–Kier alpha value is -1.99. The van der Waals surface area contributed by atoms with Gasteiger partial charge < -0.3 is 5.32 Å². The van der Waals surface area contributed by atoms with Crippen molar-refractivity contribution in [1.29, 1.82) is 5.26 Å². The number of thioether (sulfide) groups is 1. The third-order valence-corrected chi connectivity index (χ3v) is 3.96. The number of rotatable bonds is 5. The summed E-state index contributed by atoms with van der Waals surface area (Å²) < 4.78 is 0. The number of aromatic nitrogens is 1. The number of hydrogen-bond acceptors (Lipinski definition) is 4. The van der Waals surface area contributed by atoms with Crippen LogP contribution in [0.15, 0.2) is 47.6 Å². The van der Waals surface area contributed by atoms with E-state index >= 15 is 0 Å². The fourth-order valence-corrected chi connectivity index (χ4v) is 2.80. The smallest absolute Gasteiger partial charge is 0.102 e. The predicted molar refractivity (Wildman–Crippen MR) is 83.8 cm³/mol. The summed E-state index contributed by atoms with van der Waals surface area (Å²) in [4.78, 5) is 5.05. The first-order valence-corrected chi connectivity index (χ1v) is 7.57. The van der Waals surface area contributed by atoms with Crippen LogP contribution in [0.25, 0.3) is 0 Å². The van der Waals surface area contributed by atoms with Crippen molar-refractivity contribution in [3.63, 3.8) is 0 Å². The zero-order valence-corrected chi connectivity index (χ0v) is 12.4. The Balaban J connectivity index is 2.25. The minimum absolute atomic E-state index is 0.131. The molecule has 0 bridgehead atoms. The van der Waals surface area contributed by atoms with Crippen LogP contribution in [0.4, 0.5) is 5.69 Å². The van der Waals surface area contributed by atoms with E-state index in [2.05, 4.69) is 30.2 Å². The number of pyridine rings is 1. The molecule has 0 saturated heterocycles. The van der Waals surface area contributed by atoms with Crippen LogP contribution in [0, 0.1) is 11.3 Å². The molecule has 0 aliphatic rings. The highest BCUT2D eigenvalue weighted by Crippen LogP contribution is 2.30. The van der Waals surface area contributed by atoms with Crippen molar-refractivity contribution < 1.29 is 0 Å². The number of nitriles is 1. The van der Waals surface area contributed by atoms with Gasteiger partial charge in [-0.1, -0.05) is 13.0 Å². The van der Waals surface area contributed by atoms with Gasteiger partial charge in [-0.25, -0.2) is 0 Å². The molecule has 0 amide bonds. The van der Waals surface area contributed by atoms with Gasteiger partial charge in [-0.05, 0) is 42.5 Å². The lowest BCUT2D eigenvalue weighted by Gasteiger charge is -2.17. The van der Waals surface area contributed by atoms with Gasteiger partial charge in [-0.2, -0.15) is 5.26 Å². The molecule has 4 heteroatoms.